The van der Waals surface area contributed by atoms with Crippen LogP contribution in [-0.2, 0) is 13.1 Å². The molecule has 0 N–H and O–H groups in total. The molecule has 5 nitrogen and oxygen atoms in total. The smallest absolute Gasteiger partial charge is 0.119 e. The van der Waals surface area contributed by atoms with Crippen LogP contribution in [-0.4, -0.2) is 25.9 Å². The minimum absolute atomic E-state index is 0.688. The van der Waals surface area contributed by atoms with Crippen molar-refractivity contribution < 1.29 is 4.74 Å². The van der Waals surface area contributed by atoms with Gasteiger partial charge in [-0.3, -0.25) is 4.68 Å². The van der Waals surface area contributed by atoms with Gasteiger partial charge in [0.2, 0.25) is 0 Å². The number of hydrogen-bond acceptors (Lipinski definition) is 3. The molecule has 1 aromatic carbocycles. The van der Waals surface area contributed by atoms with Crippen LogP contribution in [0.2, 0.25) is 0 Å². The average molecular weight is 338 g/mol. The van der Waals surface area contributed by atoms with Crippen LogP contribution in [0.15, 0.2) is 36.8 Å². The standard InChI is InChI=1S/C20H26N4O/c1-5-24-17(4)20(16(3)22-24)19-13-21-14-23(19)10-7-11-25-18-9-6-8-15(2)12-18/h6,8-9,12-14H,5,7,10-11H2,1-4H3. The van der Waals surface area contributed by atoms with Gasteiger partial charge < -0.3 is 9.30 Å². The van der Waals surface area contributed by atoms with E-state index in [2.05, 4.69) is 54.5 Å². The van der Waals surface area contributed by atoms with Crippen molar-refractivity contribution in [2.45, 2.75) is 47.2 Å². The number of nitrogens with zero attached hydrogens (tertiary/aromatic N) is 4. The molecular weight excluding hydrogens is 312 g/mol. The van der Waals surface area contributed by atoms with E-state index in [4.69, 9.17) is 4.74 Å². The summed E-state index contributed by atoms with van der Waals surface area (Å²) >= 11 is 0. The Morgan fingerprint density at radius 3 is 2.72 bits per heavy atom. The lowest BCUT2D eigenvalue weighted by Gasteiger charge is -2.10. The first-order valence-corrected chi connectivity index (χ1v) is 8.84. The zero-order chi connectivity index (χ0) is 17.8. The van der Waals surface area contributed by atoms with Gasteiger partial charge in [-0.1, -0.05) is 12.1 Å². The number of imidazole rings is 1. The monoisotopic (exact) mass is 338 g/mol. The van der Waals surface area contributed by atoms with E-state index in [9.17, 15) is 0 Å². The van der Waals surface area contributed by atoms with E-state index in [0.717, 1.165) is 36.6 Å². The molecule has 3 aromatic rings. The molecule has 132 valence electrons. The van der Waals surface area contributed by atoms with E-state index in [-0.39, 0.29) is 0 Å². The lowest BCUT2D eigenvalue weighted by Crippen LogP contribution is -2.05. The molecule has 0 aliphatic heterocycles. The number of ether oxygens (including phenoxy) is 1. The number of aromatic nitrogens is 4. The molecule has 0 unspecified atom stereocenters. The summed E-state index contributed by atoms with van der Waals surface area (Å²) in [4.78, 5) is 4.35. The molecule has 2 aromatic heterocycles. The van der Waals surface area contributed by atoms with Crippen molar-refractivity contribution >= 4 is 0 Å². The summed E-state index contributed by atoms with van der Waals surface area (Å²) in [6, 6.07) is 8.16. The van der Waals surface area contributed by atoms with Gasteiger partial charge in [0.1, 0.15) is 5.75 Å². The quantitative estimate of drug-likeness (QED) is 0.608. The van der Waals surface area contributed by atoms with Crippen LogP contribution in [0.3, 0.4) is 0 Å². The predicted molar refractivity (Wildman–Crippen MR) is 99.9 cm³/mol. The SMILES string of the molecule is CCn1nc(C)c(-c2cncn2CCCOc2cccc(C)c2)c1C. The first-order chi connectivity index (χ1) is 12.1. The highest BCUT2D eigenvalue weighted by atomic mass is 16.5. The number of benzene rings is 1. The molecule has 25 heavy (non-hydrogen) atoms. The molecule has 0 atom stereocenters. The van der Waals surface area contributed by atoms with Gasteiger partial charge in [0.05, 0.1) is 30.5 Å². The maximum absolute atomic E-state index is 5.85. The van der Waals surface area contributed by atoms with Gasteiger partial charge in [-0.05, 0) is 51.8 Å². The van der Waals surface area contributed by atoms with Crippen molar-refractivity contribution in [3.8, 4) is 17.0 Å². The summed E-state index contributed by atoms with van der Waals surface area (Å²) in [5, 5.41) is 4.62. The second kappa shape index (κ2) is 7.55. The van der Waals surface area contributed by atoms with E-state index in [1.54, 1.807) is 0 Å². The van der Waals surface area contributed by atoms with Crippen LogP contribution in [0, 0.1) is 20.8 Å². The maximum Gasteiger partial charge on any atom is 0.119 e. The van der Waals surface area contributed by atoms with Gasteiger partial charge in [-0.15, -0.1) is 0 Å². The van der Waals surface area contributed by atoms with Gasteiger partial charge in [0.25, 0.3) is 0 Å². The zero-order valence-electron chi connectivity index (χ0n) is 15.5. The van der Waals surface area contributed by atoms with Gasteiger partial charge in [-0.2, -0.15) is 5.10 Å². The summed E-state index contributed by atoms with van der Waals surface area (Å²) < 4.78 is 10.1. The fraction of sp³-hybridized carbons (Fsp3) is 0.400. The van der Waals surface area contributed by atoms with Crippen molar-refractivity contribution in [3.63, 3.8) is 0 Å². The van der Waals surface area contributed by atoms with Gasteiger partial charge in [-0.25, -0.2) is 4.98 Å². The Morgan fingerprint density at radius 2 is 2.00 bits per heavy atom. The highest BCUT2D eigenvalue weighted by Gasteiger charge is 2.16. The fourth-order valence-electron chi connectivity index (χ4n) is 3.21. The van der Waals surface area contributed by atoms with E-state index in [1.807, 2.05) is 29.3 Å². The predicted octanol–water partition coefficient (Wildman–Crippen LogP) is 4.16. The van der Waals surface area contributed by atoms with Crippen LogP contribution in [0.5, 0.6) is 5.75 Å². The van der Waals surface area contributed by atoms with E-state index >= 15 is 0 Å². The van der Waals surface area contributed by atoms with Crippen LogP contribution >= 0.6 is 0 Å². The topological polar surface area (TPSA) is 44.9 Å². The van der Waals surface area contributed by atoms with Crippen molar-refractivity contribution in [1.82, 2.24) is 19.3 Å². The first kappa shape index (κ1) is 17.3. The third kappa shape index (κ3) is 3.76. The minimum Gasteiger partial charge on any atom is -0.494 e. The number of rotatable bonds is 7. The highest BCUT2D eigenvalue weighted by Crippen LogP contribution is 2.27. The molecule has 0 aliphatic rings. The third-order valence-electron chi connectivity index (χ3n) is 4.45. The Morgan fingerprint density at radius 1 is 1.16 bits per heavy atom. The summed E-state index contributed by atoms with van der Waals surface area (Å²) in [6.45, 7) is 10.8. The van der Waals surface area contributed by atoms with Gasteiger partial charge >= 0.3 is 0 Å². The second-order valence-corrected chi connectivity index (χ2v) is 6.35. The van der Waals surface area contributed by atoms with Crippen molar-refractivity contribution in [2.75, 3.05) is 6.61 Å². The summed E-state index contributed by atoms with van der Waals surface area (Å²) in [5.74, 6) is 0.932. The molecule has 0 radical (unpaired) electrons. The van der Waals surface area contributed by atoms with Gasteiger partial charge in [0, 0.05) is 24.3 Å². The molecule has 0 fully saturated rings. The molecule has 0 amide bonds. The molecule has 2 heterocycles. The molecule has 5 heteroatoms. The number of aryl methyl sites for hydroxylation is 4. The number of hydrogen-bond donors (Lipinski definition) is 0. The summed E-state index contributed by atoms with van der Waals surface area (Å²) in [6.07, 6.45) is 4.75. The average Bonchev–Trinajstić information content (AvgIpc) is 3.15. The molecule has 0 saturated heterocycles. The van der Waals surface area contributed by atoms with E-state index in [1.165, 1.54) is 16.8 Å². The lowest BCUT2D eigenvalue weighted by atomic mass is 10.1. The molecular formula is C20H26N4O. The molecule has 0 aliphatic carbocycles. The Balaban J connectivity index is 1.66. The Hall–Kier alpha value is -2.56. The first-order valence-electron chi connectivity index (χ1n) is 8.84. The van der Waals surface area contributed by atoms with Crippen molar-refractivity contribution in [3.05, 3.63) is 53.7 Å². The Labute approximate surface area is 149 Å². The minimum atomic E-state index is 0.688. The normalized spacial score (nSPS) is 11.0. The van der Waals surface area contributed by atoms with E-state index < -0.39 is 0 Å². The molecule has 0 spiro atoms. The summed E-state index contributed by atoms with van der Waals surface area (Å²) in [7, 11) is 0. The van der Waals surface area contributed by atoms with E-state index in [0.29, 0.717) is 6.61 Å². The third-order valence-corrected chi connectivity index (χ3v) is 4.45. The fourth-order valence-corrected chi connectivity index (χ4v) is 3.21. The molecule has 3 rings (SSSR count). The molecule has 0 bridgehead atoms. The zero-order valence-corrected chi connectivity index (χ0v) is 15.5. The van der Waals surface area contributed by atoms with Crippen LogP contribution in [0.4, 0.5) is 0 Å². The molecule has 0 saturated carbocycles. The summed E-state index contributed by atoms with van der Waals surface area (Å²) in [5.41, 5.74) is 5.78. The van der Waals surface area contributed by atoms with Crippen LogP contribution in [0.25, 0.3) is 11.3 Å². The Bertz CT molecular complexity index is 847. The largest absolute Gasteiger partial charge is 0.494 e. The van der Waals surface area contributed by atoms with Crippen LogP contribution in [0.1, 0.15) is 30.3 Å². The maximum atomic E-state index is 5.85. The Kier molecular flexibility index (Phi) is 5.22. The van der Waals surface area contributed by atoms with Crippen molar-refractivity contribution in [2.24, 2.45) is 0 Å². The van der Waals surface area contributed by atoms with Crippen molar-refractivity contribution in [1.29, 1.82) is 0 Å². The van der Waals surface area contributed by atoms with Gasteiger partial charge in [0.15, 0.2) is 0 Å². The van der Waals surface area contributed by atoms with Crippen LogP contribution < -0.4 is 4.74 Å². The lowest BCUT2D eigenvalue weighted by molar-refractivity contribution is 0.302. The highest BCUT2D eigenvalue weighted by molar-refractivity contribution is 5.64. The second-order valence-electron chi connectivity index (χ2n) is 6.35.